The summed E-state index contributed by atoms with van der Waals surface area (Å²) >= 11 is 5.94. The van der Waals surface area contributed by atoms with Gasteiger partial charge in [-0.15, -0.1) is 0 Å². The number of nitrogens with two attached hydrogens (primary N) is 1. The van der Waals surface area contributed by atoms with Crippen molar-refractivity contribution in [1.29, 1.82) is 0 Å². The van der Waals surface area contributed by atoms with E-state index in [-0.39, 0.29) is 11.9 Å². The Labute approximate surface area is 114 Å². The number of carbonyl (C=O) groups is 1. The first-order valence-electron chi connectivity index (χ1n) is 5.56. The van der Waals surface area contributed by atoms with Gasteiger partial charge in [-0.1, -0.05) is 11.6 Å². The summed E-state index contributed by atoms with van der Waals surface area (Å²) in [5, 5.41) is 3.17. The molecule has 0 fully saturated rings. The highest BCUT2D eigenvalue weighted by Crippen LogP contribution is 2.18. The second-order valence-electron chi connectivity index (χ2n) is 4.18. The molecule has 0 radical (unpaired) electrons. The lowest BCUT2D eigenvalue weighted by atomic mass is 10.1. The Morgan fingerprint density at radius 2 is 2.22 bits per heavy atom. The number of nitrogens with one attached hydrogen (secondary N) is 1. The van der Waals surface area contributed by atoms with Crippen LogP contribution in [0.3, 0.4) is 0 Å². The topological polar surface area (TPSA) is 72.2 Å². The van der Waals surface area contributed by atoms with Crippen LogP contribution in [0.4, 0.5) is 5.69 Å². The van der Waals surface area contributed by atoms with Gasteiger partial charge in [-0.3, -0.25) is 9.00 Å². The number of hydrogen-bond acceptors (Lipinski definition) is 3. The average molecular weight is 289 g/mol. The molecule has 0 aliphatic rings. The number of rotatable bonds is 5. The van der Waals surface area contributed by atoms with E-state index in [9.17, 15) is 9.00 Å². The Hall–Kier alpha value is -1.07. The largest absolute Gasteiger partial charge is 0.399 e. The van der Waals surface area contributed by atoms with Crippen LogP contribution < -0.4 is 11.1 Å². The molecule has 0 bridgehead atoms. The maximum atomic E-state index is 11.9. The molecule has 1 aromatic carbocycles. The van der Waals surface area contributed by atoms with E-state index in [1.807, 2.05) is 6.92 Å². The van der Waals surface area contributed by atoms with Gasteiger partial charge in [0.05, 0.1) is 10.6 Å². The highest BCUT2D eigenvalue weighted by molar-refractivity contribution is 7.84. The van der Waals surface area contributed by atoms with Crippen LogP contribution in [0.5, 0.6) is 0 Å². The van der Waals surface area contributed by atoms with Crippen LogP contribution in [0.1, 0.15) is 23.7 Å². The van der Waals surface area contributed by atoms with E-state index in [1.54, 1.807) is 24.5 Å². The van der Waals surface area contributed by atoms with Crippen LogP contribution in [0.25, 0.3) is 0 Å². The molecule has 2 atom stereocenters. The maximum Gasteiger partial charge on any atom is 0.253 e. The van der Waals surface area contributed by atoms with Gasteiger partial charge in [-0.05, 0) is 31.5 Å². The van der Waals surface area contributed by atoms with Crippen molar-refractivity contribution >= 4 is 34.0 Å². The van der Waals surface area contributed by atoms with Gasteiger partial charge in [-0.2, -0.15) is 0 Å². The first kappa shape index (κ1) is 15.0. The van der Waals surface area contributed by atoms with Crippen molar-refractivity contribution < 1.29 is 9.00 Å². The molecule has 18 heavy (non-hydrogen) atoms. The summed E-state index contributed by atoms with van der Waals surface area (Å²) < 4.78 is 11.0. The molecular formula is C12H17ClN2O2S. The van der Waals surface area contributed by atoms with Crippen molar-refractivity contribution in [2.24, 2.45) is 0 Å². The van der Waals surface area contributed by atoms with Gasteiger partial charge < -0.3 is 11.1 Å². The molecule has 0 aliphatic heterocycles. The molecule has 0 aliphatic carbocycles. The third-order valence-electron chi connectivity index (χ3n) is 2.45. The normalized spacial score (nSPS) is 13.9. The van der Waals surface area contributed by atoms with E-state index in [0.717, 1.165) is 0 Å². The number of amides is 1. The average Bonchev–Trinajstić information content (AvgIpc) is 2.29. The zero-order valence-electron chi connectivity index (χ0n) is 10.4. The monoisotopic (exact) mass is 288 g/mol. The number of halogens is 1. The number of benzene rings is 1. The molecule has 4 nitrogen and oxygen atoms in total. The molecule has 2 unspecified atom stereocenters. The lowest BCUT2D eigenvalue weighted by Gasteiger charge is -2.14. The van der Waals surface area contributed by atoms with Gasteiger partial charge in [0.25, 0.3) is 5.91 Å². The summed E-state index contributed by atoms with van der Waals surface area (Å²) in [4.78, 5) is 11.9. The molecular weight excluding hydrogens is 272 g/mol. The SMILES string of the molecule is CC(CCS(C)=O)NC(=O)c1cc(N)ccc1Cl. The smallest absolute Gasteiger partial charge is 0.253 e. The summed E-state index contributed by atoms with van der Waals surface area (Å²) in [6.45, 7) is 1.87. The van der Waals surface area contributed by atoms with Crippen molar-refractivity contribution in [2.45, 2.75) is 19.4 Å². The van der Waals surface area contributed by atoms with Crippen LogP contribution in [0.2, 0.25) is 5.02 Å². The van der Waals surface area contributed by atoms with Crippen LogP contribution >= 0.6 is 11.6 Å². The molecule has 0 heterocycles. The van der Waals surface area contributed by atoms with Gasteiger partial charge in [0.1, 0.15) is 0 Å². The number of anilines is 1. The van der Waals surface area contributed by atoms with Crippen molar-refractivity contribution in [3.05, 3.63) is 28.8 Å². The predicted molar refractivity (Wildman–Crippen MR) is 76.3 cm³/mol. The van der Waals surface area contributed by atoms with Crippen molar-refractivity contribution in [3.8, 4) is 0 Å². The van der Waals surface area contributed by atoms with E-state index in [2.05, 4.69) is 5.32 Å². The molecule has 1 amide bonds. The highest BCUT2D eigenvalue weighted by Gasteiger charge is 2.13. The fraction of sp³-hybridized carbons (Fsp3) is 0.417. The maximum absolute atomic E-state index is 11.9. The Bertz CT molecular complexity index is 465. The molecule has 0 aromatic heterocycles. The number of hydrogen-bond donors (Lipinski definition) is 2. The second-order valence-corrected chi connectivity index (χ2v) is 6.14. The summed E-state index contributed by atoms with van der Waals surface area (Å²) in [6, 6.07) is 4.72. The summed E-state index contributed by atoms with van der Waals surface area (Å²) in [5.74, 6) is 0.299. The fourth-order valence-electron chi connectivity index (χ4n) is 1.43. The summed E-state index contributed by atoms with van der Waals surface area (Å²) in [6.07, 6.45) is 2.30. The number of carbonyl (C=O) groups excluding carboxylic acids is 1. The first-order chi connectivity index (χ1) is 8.40. The second kappa shape index (κ2) is 6.75. The molecule has 1 aromatic rings. The predicted octanol–water partition coefficient (Wildman–Crippen LogP) is 1.81. The van der Waals surface area contributed by atoms with Crippen LogP contribution in [-0.2, 0) is 10.8 Å². The van der Waals surface area contributed by atoms with Gasteiger partial charge in [0.15, 0.2) is 0 Å². The summed E-state index contributed by atoms with van der Waals surface area (Å²) in [5.41, 5.74) is 6.47. The van der Waals surface area contributed by atoms with Gasteiger partial charge >= 0.3 is 0 Å². The lowest BCUT2D eigenvalue weighted by Crippen LogP contribution is -2.33. The van der Waals surface area contributed by atoms with E-state index in [0.29, 0.717) is 28.4 Å². The van der Waals surface area contributed by atoms with E-state index >= 15 is 0 Å². The zero-order chi connectivity index (χ0) is 13.7. The first-order valence-corrected chi connectivity index (χ1v) is 7.66. The standard InChI is InChI=1S/C12H17ClN2O2S/c1-8(5-6-18(2)17)15-12(16)10-7-9(14)3-4-11(10)13/h3-4,7-8H,5-6,14H2,1-2H3,(H,15,16). The lowest BCUT2D eigenvalue weighted by molar-refractivity contribution is 0.0939. The third-order valence-corrected chi connectivity index (χ3v) is 3.59. The molecule has 0 saturated heterocycles. The van der Waals surface area contributed by atoms with Gasteiger partial charge in [0, 0.05) is 34.5 Å². The molecule has 6 heteroatoms. The van der Waals surface area contributed by atoms with Crippen molar-refractivity contribution in [3.63, 3.8) is 0 Å². The minimum Gasteiger partial charge on any atom is -0.399 e. The van der Waals surface area contributed by atoms with E-state index in [4.69, 9.17) is 17.3 Å². The molecule has 100 valence electrons. The minimum atomic E-state index is -0.851. The highest BCUT2D eigenvalue weighted by atomic mass is 35.5. The van der Waals surface area contributed by atoms with E-state index in [1.165, 1.54) is 0 Å². The molecule has 0 spiro atoms. The van der Waals surface area contributed by atoms with Gasteiger partial charge in [-0.25, -0.2) is 0 Å². The molecule has 3 N–H and O–H groups in total. The fourth-order valence-corrected chi connectivity index (χ4v) is 2.32. The number of nitrogen functional groups attached to an aromatic ring is 1. The van der Waals surface area contributed by atoms with Crippen LogP contribution in [0, 0.1) is 0 Å². The van der Waals surface area contributed by atoms with Gasteiger partial charge in [0.2, 0.25) is 0 Å². The summed E-state index contributed by atoms with van der Waals surface area (Å²) in [7, 11) is -0.851. The Balaban J connectivity index is 2.64. The molecule has 0 saturated carbocycles. The van der Waals surface area contributed by atoms with E-state index < -0.39 is 10.8 Å². The van der Waals surface area contributed by atoms with Crippen LogP contribution in [0.15, 0.2) is 18.2 Å². The van der Waals surface area contributed by atoms with Crippen LogP contribution in [-0.4, -0.2) is 28.2 Å². The Morgan fingerprint density at radius 1 is 1.56 bits per heavy atom. The Morgan fingerprint density at radius 3 is 2.83 bits per heavy atom. The minimum absolute atomic E-state index is 0.0566. The quantitative estimate of drug-likeness (QED) is 0.812. The van der Waals surface area contributed by atoms with Crippen molar-refractivity contribution in [1.82, 2.24) is 5.32 Å². The third kappa shape index (κ3) is 4.66. The van der Waals surface area contributed by atoms with Crippen molar-refractivity contribution in [2.75, 3.05) is 17.7 Å². The molecule has 1 rings (SSSR count). The Kier molecular flexibility index (Phi) is 5.62. The zero-order valence-corrected chi connectivity index (χ0v) is 12.0.